The van der Waals surface area contributed by atoms with Gasteiger partial charge in [-0.3, -0.25) is 0 Å². The van der Waals surface area contributed by atoms with Crippen LogP contribution in [0.2, 0.25) is 0 Å². The van der Waals surface area contributed by atoms with Crippen LogP contribution in [-0.4, -0.2) is 11.4 Å². The van der Waals surface area contributed by atoms with E-state index in [0.29, 0.717) is 0 Å². The number of oxime groups is 1. The molecule has 0 aliphatic heterocycles. The number of nitrogens with zero attached hydrogens (tertiary/aromatic N) is 1. The summed E-state index contributed by atoms with van der Waals surface area (Å²) in [5, 5.41) is 11.3. The molecule has 0 unspecified atom stereocenters. The summed E-state index contributed by atoms with van der Waals surface area (Å²) in [6.45, 7) is 2.29. The third-order valence-corrected chi connectivity index (χ3v) is 4.52. The average molecular weight is 312 g/mol. The van der Waals surface area contributed by atoms with E-state index < -0.39 is 0 Å². The van der Waals surface area contributed by atoms with Crippen molar-refractivity contribution in [3.8, 4) is 0 Å². The first-order chi connectivity index (χ1) is 10.9. The highest BCUT2D eigenvalue weighted by Crippen LogP contribution is 2.14. The Bertz CT molecular complexity index is 216. The highest BCUT2D eigenvalue weighted by Gasteiger charge is 1.94. The van der Waals surface area contributed by atoms with Crippen LogP contribution in [-0.2, 0) is 0 Å². The summed E-state index contributed by atoms with van der Waals surface area (Å²) < 4.78 is 0. The van der Waals surface area contributed by atoms with E-state index in [-0.39, 0.29) is 0 Å². The van der Waals surface area contributed by atoms with Crippen molar-refractivity contribution in [3.63, 3.8) is 0 Å². The fourth-order valence-electron chi connectivity index (χ4n) is 3.02. The third kappa shape index (κ3) is 19.5. The normalized spacial score (nSPS) is 11.5. The van der Waals surface area contributed by atoms with E-state index in [1.807, 2.05) is 0 Å². The number of unbranched alkanes of at least 4 members (excludes halogenated alkanes) is 17. The van der Waals surface area contributed by atoms with E-state index in [1.54, 1.807) is 6.21 Å². The van der Waals surface area contributed by atoms with Crippen LogP contribution in [0.3, 0.4) is 0 Å². The second-order valence-corrected chi connectivity index (χ2v) is 6.74. The molecular formula is C20H41NO. The first-order valence-electron chi connectivity index (χ1n) is 10.1. The third-order valence-electron chi connectivity index (χ3n) is 4.52. The molecule has 22 heavy (non-hydrogen) atoms. The minimum atomic E-state index is 0.926. The number of hydrogen-bond acceptors (Lipinski definition) is 2. The summed E-state index contributed by atoms with van der Waals surface area (Å²) in [7, 11) is 0. The fourth-order valence-corrected chi connectivity index (χ4v) is 3.02. The van der Waals surface area contributed by atoms with Crippen molar-refractivity contribution < 1.29 is 5.21 Å². The van der Waals surface area contributed by atoms with Crippen molar-refractivity contribution in [2.75, 3.05) is 0 Å². The van der Waals surface area contributed by atoms with Gasteiger partial charge in [0.15, 0.2) is 0 Å². The van der Waals surface area contributed by atoms with Gasteiger partial charge in [0.1, 0.15) is 0 Å². The fraction of sp³-hybridized carbons (Fsp3) is 0.950. The van der Waals surface area contributed by atoms with Gasteiger partial charge in [0, 0.05) is 6.21 Å². The minimum Gasteiger partial charge on any atom is -0.411 e. The standard InChI is InChI=1S/C20H41NO/c1-2-3-4-5-6-7-8-9-10-11-12-13-14-15-16-17-18-19-20-21-22/h20,22H,2-19H2,1H3. The molecule has 0 aromatic rings. The van der Waals surface area contributed by atoms with Gasteiger partial charge in [-0.15, -0.1) is 5.16 Å². The lowest BCUT2D eigenvalue weighted by Crippen LogP contribution is -1.84. The second-order valence-electron chi connectivity index (χ2n) is 6.74. The van der Waals surface area contributed by atoms with Crippen LogP contribution in [0, 0.1) is 0 Å². The molecule has 0 fully saturated rings. The molecule has 2 nitrogen and oxygen atoms in total. The molecule has 0 aliphatic rings. The largest absolute Gasteiger partial charge is 0.411 e. The molecule has 0 rings (SSSR count). The molecule has 2 heteroatoms. The second kappa shape index (κ2) is 20.5. The first kappa shape index (κ1) is 21.5. The van der Waals surface area contributed by atoms with Gasteiger partial charge in [-0.25, -0.2) is 0 Å². The van der Waals surface area contributed by atoms with E-state index in [2.05, 4.69) is 12.1 Å². The molecule has 0 heterocycles. The Morgan fingerprint density at radius 2 is 0.864 bits per heavy atom. The van der Waals surface area contributed by atoms with E-state index in [4.69, 9.17) is 5.21 Å². The quantitative estimate of drug-likeness (QED) is 0.121. The topological polar surface area (TPSA) is 32.6 Å². The minimum absolute atomic E-state index is 0.926. The predicted molar refractivity (Wildman–Crippen MR) is 99.1 cm³/mol. The van der Waals surface area contributed by atoms with Crippen molar-refractivity contribution >= 4 is 6.21 Å². The van der Waals surface area contributed by atoms with Crippen LogP contribution >= 0.6 is 0 Å². The highest BCUT2D eigenvalue weighted by molar-refractivity contribution is 5.55. The Balaban J connectivity index is 2.94. The Morgan fingerprint density at radius 1 is 0.545 bits per heavy atom. The van der Waals surface area contributed by atoms with Crippen molar-refractivity contribution in [1.29, 1.82) is 0 Å². The zero-order valence-corrected chi connectivity index (χ0v) is 15.2. The van der Waals surface area contributed by atoms with Crippen molar-refractivity contribution in [1.82, 2.24) is 0 Å². The van der Waals surface area contributed by atoms with Gasteiger partial charge in [0.2, 0.25) is 0 Å². The molecule has 0 aromatic heterocycles. The summed E-state index contributed by atoms with van der Waals surface area (Å²) in [5.74, 6) is 0. The van der Waals surface area contributed by atoms with Gasteiger partial charge in [-0.2, -0.15) is 0 Å². The van der Waals surface area contributed by atoms with Crippen LogP contribution in [0.4, 0.5) is 0 Å². The molecule has 0 aliphatic carbocycles. The maximum atomic E-state index is 8.27. The van der Waals surface area contributed by atoms with Crippen molar-refractivity contribution in [2.45, 2.75) is 122 Å². The van der Waals surface area contributed by atoms with Gasteiger partial charge in [-0.1, -0.05) is 110 Å². The smallest absolute Gasteiger partial charge is 0.0435 e. The molecular weight excluding hydrogens is 270 g/mol. The molecule has 1 N–H and O–H groups in total. The average Bonchev–Trinajstić information content (AvgIpc) is 2.54. The van der Waals surface area contributed by atoms with E-state index in [0.717, 1.165) is 6.42 Å². The molecule has 132 valence electrons. The summed E-state index contributed by atoms with van der Waals surface area (Å²) in [5.41, 5.74) is 0. The van der Waals surface area contributed by atoms with Gasteiger partial charge in [0.25, 0.3) is 0 Å². The molecule has 0 radical (unpaired) electrons. The Morgan fingerprint density at radius 3 is 1.18 bits per heavy atom. The van der Waals surface area contributed by atoms with E-state index >= 15 is 0 Å². The maximum absolute atomic E-state index is 8.27. The Hall–Kier alpha value is -0.530. The summed E-state index contributed by atoms with van der Waals surface area (Å²) in [6.07, 6.45) is 26.4. The van der Waals surface area contributed by atoms with Gasteiger partial charge in [0.05, 0.1) is 0 Å². The summed E-state index contributed by atoms with van der Waals surface area (Å²) in [6, 6.07) is 0. The zero-order valence-electron chi connectivity index (χ0n) is 15.2. The Kier molecular flexibility index (Phi) is 20.0. The van der Waals surface area contributed by atoms with Crippen LogP contribution in [0.5, 0.6) is 0 Å². The molecule has 0 amide bonds. The molecule has 0 saturated heterocycles. The SMILES string of the molecule is CCCCCCCCCCCCCCCCCCCC=NO. The van der Waals surface area contributed by atoms with Crippen LogP contribution in [0.25, 0.3) is 0 Å². The first-order valence-corrected chi connectivity index (χ1v) is 10.1. The number of hydrogen-bond donors (Lipinski definition) is 1. The Labute approximate surface area is 139 Å². The van der Waals surface area contributed by atoms with Gasteiger partial charge in [-0.05, 0) is 12.8 Å². The highest BCUT2D eigenvalue weighted by atomic mass is 16.4. The molecule has 0 spiro atoms. The van der Waals surface area contributed by atoms with Gasteiger partial charge >= 0.3 is 0 Å². The van der Waals surface area contributed by atoms with E-state index in [9.17, 15) is 0 Å². The molecule has 0 bridgehead atoms. The van der Waals surface area contributed by atoms with E-state index in [1.165, 1.54) is 109 Å². The molecule has 0 atom stereocenters. The monoisotopic (exact) mass is 311 g/mol. The summed E-state index contributed by atoms with van der Waals surface area (Å²) in [4.78, 5) is 0. The predicted octanol–water partition coefficient (Wildman–Crippen LogP) is 7.49. The lowest BCUT2D eigenvalue weighted by Gasteiger charge is -2.03. The van der Waals surface area contributed by atoms with Crippen LogP contribution < -0.4 is 0 Å². The molecule has 0 saturated carbocycles. The molecule has 0 aromatic carbocycles. The lowest BCUT2D eigenvalue weighted by atomic mass is 10.0. The van der Waals surface area contributed by atoms with Crippen molar-refractivity contribution in [2.24, 2.45) is 5.16 Å². The number of rotatable bonds is 18. The summed E-state index contributed by atoms with van der Waals surface area (Å²) >= 11 is 0. The van der Waals surface area contributed by atoms with Crippen LogP contribution in [0.15, 0.2) is 5.16 Å². The maximum Gasteiger partial charge on any atom is 0.0435 e. The van der Waals surface area contributed by atoms with Gasteiger partial charge < -0.3 is 5.21 Å². The van der Waals surface area contributed by atoms with Crippen LogP contribution in [0.1, 0.15) is 122 Å². The van der Waals surface area contributed by atoms with Crippen molar-refractivity contribution in [3.05, 3.63) is 0 Å². The lowest BCUT2D eigenvalue weighted by molar-refractivity contribution is 0.320. The zero-order chi connectivity index (χ0) is 16.1.